The van der Waals surface area contributed by atoms with Crippen molar-refractivity contribution in [2.24, 2.45) is 11.3 Å². The van der Waals surface area contributed by atoms with Crippen LogP contribution in [0.1, 0.15) is 59.3 Å². The Hall–Kier alpha value is -2.54. The van der Waals surface area contributed by atoms with Gasteiger partial charge in [-0.25, -0.2) is 0 Å². The van der Waals surface area contributed by atoms with Crippen molar-refractivity contribution in [3.05, 3.63) is 0 Å². The topological polar surface area (TPSA) is 76.2 Å². The zero-order chi connectivity index (χ0) is 37.0. The van der Waals surface area contributed by atoms with Crippen LogP contribution >= 0.6 is 0 Å². The van der Waals surface area contributed by atoms with Gasteiger partial charge in [0.05, 0.1) is 24.4 Å². The zero-order valence-electron chi connectivity index (χ0n) is 26.1. The number of nitrogens with zero attached hydrogens (tertiary/aromatic N) is 2. The first kappa shape index (κ1) is 42.5. The summed E-state index contributed by atoms with van der Waals surface area (Å²) in [6.45, 7) is 2.90. The Morgan fingerprint density at radius 3 is 1.81 bits per heavy atom. The molecule has 7 nitrogen and oxygen atoms in total. The molecule has 1 rings (SSSR count). The van der Waals surface area contributed by atoms with Gasteiger partial charge in [-0.2, -0.15) is 57.1 Å². The quantitative estimate of drug-likeness (QED) is 0.118. The summed E-state index contributed by atoms with van der Waals surface area (Å²) < 4.78 is 183. The van der Waals surface area contributed by atoms with Crippen molar-refractivity contribution in [2.75, 3.05) is 40.4 Å². The maximum atomic E-state index is 14.1. The van der Waals surface area contributed by atoms with Crippen molar-refractivity contribution in [2.45, 2.75) is 101 Å². The second kappa shape index (κ2) is 14.9. The van der Waals surface area contributed by atoms with Gasteiger partial charge < -0.3 is 19.3 Å². The molecule has 0 aromatic heterocycles. The van der Waals surface area contributed by atoms with Crippen molar-refractivity contribution >= 4 is 17.8 Å². The Bertz CT molecular complexity index is 1100. The molecule has 1 heterocycles. The number of alkyl halides is 13. The summed E-state index contributed by atoms with van der Waals surface area (Å²) >= 11 is 0. The van der Waals surface area contributed by atoms with Gasteiger partial charge in [-0.05, 0) is 46.7 Å². The number of halogens is 13. The number of hydrogen-bond donors (Lipinski definition) is 0. The number of likely N-dealkylation sites (N-methyl/N-ethyl adjacent to an activating group) is 1. The number of likely N-dealkylation sites (tertiary alicyclic amines) is 1. The van der Waals surface area contributed by atoms with E-state index in [0.29, 0.717) is 25.9 Å². The highest BCUT2D eigenvalue weighted by molar-refractivity contribution is 5.80. The van der Waals surface area contributed by atoms with Crippen LogP contribution in [0.3, 0.4) is 0 Å². The van der Waals surface area contributed by atoms with E-state index in [4.69, 9.17) is 4.74 Å². The van der Waals surface area contributed by atoms with Crippen LogP contribution in [0.15, 0.2) is 0 Å². The molecule has 276 valence electrons. The second-order valence-electron chi connectivity index (χ2n) is 12.0. The lowest BCUT2D eigenvalue weighted by atomic mass is 9.75. The molecule has 1 aliphatic heterocycles. The summed E-state index contributed by atoms with van der Waals surface area (Å²) in [7, 11) is 3.36. The first-order valence-corrected chi connectivity index (χ1v) is 14.3. The van der Waals surface area contributed by atoms with Crippen LogP contribution in [-0.2, 0) is 23.9 Å². The Labute approximate surface area is 262 Å². The van der Waals surface area contributed by atoms with Crippen molar-refractivity contribution in [1.29, 1.82) is 0 Å². The first-order valence-electron chi connectivity index (χ1n) is 14.3. The van der Waals surface area contributed by atoms with Gasteiger partial charge in [0.2, 0.25) is 5.91 Å². The SMILES string of the molecule is CCC(CC(C)(CC(C)C(=O)OCCC(F)(F)C(F)(F)C(F)(F)C(F)(F)C(F)(F)C(F)(F)F)C(=O)OCCN(C)C)N1CCCC1=O. The monoisotopic (exact) mass is 716 g/mol. The smallest absolute Gasteiger partial charge is 0.460 e. The fourth-order valence-electron chi connectivity index (χ4n) is 4.94. The minimum absolute atomic E-state index is 0.0518. The van der Waals surface area contributed by atoms with E-state index in [1.807, 2.05) is 0 Å². The highest BCUT2D eigenvalue weighted by Gasteiger charge is 2.90. The number of hydrogen-bond acceptors (Lipinski definition) is 6. The predicted octanol–water partition coefficient (Wildman–Crippen LogP) is 6.59. The van der Waals surface area contributed by atoms with Crippen LogP contribution in [0.5, 0.6) is 0 Å². The standard InChI is InChI=1S/C27H37F13N2O5/c1-6-17(42-10-7-8-18(42)43)15-21(3,20(45)47-13-11-41(4)5)14-16(2)19(44)46-12-9-22(28,29)23(30,31)24(32,33)25(34,35)26(36,37)27(38,39)40/h16-17H,6-15H2,1-5H3. The third-order valence-electron chi connectivity index (χ3n) is 7.79. The van der Waals surface area contributed by atoms with Crippen LogP contribution in [0.4, 0.5) is 57.1 Å². The molecule has 3 atom stereocenters. The van der Waals surface area contributed by atoms with E-state index in [1.54, 1.807) is 30.8 Å². The molecule has 1 fully saturated rings. The molecule has 20 heteroatoms. The predicted molar refractivity (Wildman–Crippen MR) is 137 cm³/mol. The van der Waals surface area contributed by atoms with Crippen LogP contribution in [0.25, 0.3) is 0 Å². The van der Waals surface area contributed by atoms with E-state index in [1.165, 1.54) is 6.92 Å². The number of carbonyl (C=O) groups is 3. The number of ether oxygens (including phenoxy) is 2. The maximum absolute atomic E-state index is 14.1. The van der Waals surface area contributed by atoms with Gasteiger partial charge in [0.25, 0.3) is 0 Å². The largest absolute Gasteiger partial charge is 0.465 e. The molecule has 1 amide bonds. The third kappa shape index (κ3) is 8.93. The van der Waals surface area contributed by atoms with Gasteiger partial charge in [0, 0.05) is 25.6 Å². The minimum Gasteiger partial charge on any atom is -0.465 e. The van der Waals surface area contributed by atoms with E-state index in [2.05, 4.69) is 4.74 Å². The number of rotatable bonds is 18. The average molecular weight is 717 g/mol. The van der Waals surface area contributed by atoms with Gasteiger partial charge in [-0.1, -0.05) is 13.8 Å². The molecular formula is C27H37F13N2O5. The Balaban J connectivity index is 3.11. The minimum atomic E-state index is -8.03. The van der Waals surface area contributed by atoms with Crippen molar-refractivity contribution in [1.82, 2.24) is 9.80 Å². The van der Waals surface area contributed by atoms with Crippen molar-refractivity contribution < 1.29 is 80.9 Å². The van der Waals surface area contributed by atoms with E-state index in [-0.39, 0.29) is 25.4 Å². The summed E-state index contributed by atoms with van der Waals surface area (Å²) in [5.41, 5.74) is -1.54. The Morgan fingerprint density at radius 2 is 1.36 bits per heavy atom. The Morgan fingerprint density at radius 1 is 0.830 bits per heavy atom. The highest BCUT2D eigenvalue weighted by Crippen LogP contribution is 2.60. The molecular weight excluding hydrogens is 679 g/mol. The van der Waals surface area contributed by atoms with E-state index in [9.17, 15) is 71.5 Å². The van der Waals surface area contributed by atoms with E-state index in [0.717, 1.165) is 6.92 Å². The fraction of sp³-hybridized carbons (Fsp3) is 0.889. The van der Waals surface area contributed by atoms with Gasteiger partial charge in [0.15, 0.2) is 0 Å². The van der Waals surface area contributed by atoms with Gasteiger partial charge >= 0.3 is 47.7 Å². The molecule has 0 N–H and O–H groups in total. The fourth-order valence-corrected chi connectivity index (χ4v) is 4.94. The summed E-state index contributed by atoms with van der Waals surface area (Å²) in [5, 5.41) is 0. The number of carbonyl (C=O) groups excluding carboxylic acids is 3. The first-order chi connectivity index (χ1) is 21.0. The molecule has 0 spiro atoms. The molecule has 0 bridgehead atoms. The zero-order valence-corrected chi connectivity index (χ0v) is 26.1. The van der Waals surface area contributed by atoms with Crippen LogP contribution in [0.2, 0.25) is 0 Å². The maximum Gasteiger partial charge on any atom is 0.460 e. The van der Waals surface area contributed by atoms with E-state index < -0.39 is 84.6 Å². The molecule has 0 aromatic carbocycles. The molecule has 0 aromatic rings. The lowest BCUT2D eigenvalue weighted by Gasteiger charge is -2.39. The summed E-state index contributed by atoms with van der Waals surface area (Å²) in [6, 6.07) is -0.509. The van der Waals surface area contributed by atoms with E-state index >= 15 is 0 Å². The molecule has 1 aliphatic rings. The molecule has 1 saturated heterocycles. The van der Waals surface area contributed by atoms with Crippen LogP contribution in [0, 0.1) is 11.3 Å². The number of amides is 1. The highest BCUT2D eigenvalue weighted by atomic mass is 19.4. The van der Waals surface area contributed by atoms with Crippen LogP contribution < -0.4 is 0 Å². The molecule has 0 radical (unpaired) electrons. The molecule has 0 saturated carbocycles. The number of esters is 2. The van der Waals surface area contributed by atoms with Crippen molar-refractivity contribution in [3.8, 4) is 0 Å². The lowest BCUT2D eigenvalue weighted by Crippen LogP contribution is -2.70. The molecule has 3 unspecified atom stereocenters. The van der Waals surface area contributed by atoms with Gasteiger partial charge in [-0.15, -0.1) is 0 Å². The van der Waals surface area contributed by atoms with Crippen molar-refractivity contribution in [3.63, 3.8) is 0 Å². The van der Waals surface area contributed by atoms with Gasteiger partial charge in [0.1, 0.15) is 6.61 Å². The molecule has 47 heavy (non-hydrogen) atoms. The summed E-state index contributed by atoms with van der Waals surface area (Å²) in [6.07, 6.45) is -9.52. The van der Waals surface area contributed by atoms with Crippen LogP contribution in [-0.4, -0.2) is 110 Å². The average Bonchev–Trinajstić information content (AvgIpc) is 3.35. The second-order valence-corrected chi connectivity index (χ2v) is 12.0. The summed E-state index contributed by atoms with van der Waals surface area (Å²) in [4.78, 5) is 41.3. The third-order valence-corrected chi connectivity index (χ3v) is 7.79. The normalized spacial score (nSPS) is 18.3. The Kier molecular flexibility index (Phi) is 13.5. The lowest BCUT2D eigenvalue weighted by molar-refractivity contribution is -0.440. The van der Waals surface area contributed by atoms with Gasteiger partial charge in [-0.3, -0.25) is 14.4 Å². The molecule has 0 aliphatic carbocycles. The summed E-state index contributed by atoms with van der Waals surface area (Å²) in [5.74, 6) is -41.6.